The Bertz CT molecular complexity index is 753. The molecule has 1 heterocycles. The molecule has 0 aliphatic heterocycles. The quantitative estimate of drug-likeness (QED) is 0.793. The molecular formula is C18H21N3. The lowest BCUT2D eigenvalue weighted by Crippen LogP contribution is -2.16. The maximum atomic E-state index is 6.48. The molecule has 2 N–H and O–H groups in total. The van der Waals surface area contributed by atoms with Crippen LogP contribution in [0.2, 0.25) is 0 Å². The summed E-state index contributed by atoms with van der Waals surface area (Å²) in [7, 11) is 0. The third kappa shape index (κ3) is 2.69. The van der Waals surface area contributed by atoms with E-state index in [1.807, 2.05) is 11.6 Å². The van der Waals surface area contributed by atoms with Gasteiger partial charge in [-0.3, -0.25) is 4.68 Å². The van der Waals surface area contributed by atoms with Crippen molar-refractivity contribution >= 4 is 10.8 Å². The van der Waals surface area contributed by atoms with Gasteiger partial charge >= 0.3 is 0 Å². The number of aryl methyl sites for hydroxylation is 2. The van der Waals surface area contributed by atoms with Crippen molar-refractivity contribution in [3.05, 3.63) is 65.5 Å². The average molecular weight is 279 g/mol. The number of fused-ring (bicyclic) bond motifs is 1. The fraction of sp³-hybridized carbons (Fsp3) is 0.278. The molecule has 0 aliphatic rings. The normalized spacial score (nSPS) is 12.7. The zero-order valence-corrected chi connectivity index (χ0v) is 12.6. The standard InChI is InChI=1S/C18H21N3/c1-3-21-15(11-13(2)20-21)12-18(19)17-10-6-8-14-7-4-5-9-16(14)17/h4-11,18H,3,12,19H2,1-2H3. The molecule has 0 radical (unpaired) electrons. The molecule has 3 nitrogen and oxygen atoms in total. The Morgan fingerprint density at radius 3 is 2.71 bits per heavy atom. The van der Waals surface area contributed by atoms with Crippen LogP contribution in [0.5, 0.6) is 0 Å². The Kier molecular flexibility index (Phi) is 3.76. The highest BCUT2D eigenvalue weighted by Crippen LogP contribution is 2.25. The summed E-state index contributed by atoms with van der Waals surface area (Å²) in [6.07, 6.45) is 0.808. The maximum Gasteiger partial charge on any atom is 0.0596 e. The van der Waals surface area contributed by atoms with Gasteiger partial charge in [-0.05, 0) is 36.2 Å². The van der Waals surface area contributed by atoms with Crippen molar-refractivity contribution in [1.82, 2.24) is 9.78 Å². The number of nitrogens with zero attached hydrogens (tertiary/aromatic N) is 2. The van der Waals surface area contributed by atoms with E-state index in [2.05, 4.69) is 60.6 Å². The van der Waals surface area contributed by atoms with Crippen molar-refractivity contribution in [2.75, 3.05) is 0 Å². The predicted octanol–water partition coefficient (Wildman–Crippen LogP) is 3.61. The fourth-order valence-electron chi connectivity index (χ4n) is 2.95. The van der Waals surface area contributed by atoms with Crippen molar-refractivity contribution in [1.29, 1.82) is 0 Å². The zero-order valence-electron chi connectivity index (χ0n) is 12.6. The average Bonchev–Trinajstić information content (AvgIpc) is 2.86. The van der Waals surface area contributed by atoms with E-state index in [-0.39, 0.29) is 6.04 Å². The monoisotopic (exact) mass is 279 g/mol. The van der Waals surface area contributed by atoms with Crippen LogP contribution < -0.4 is 5.73 Å². The number of hydrogen-bond donors (Lipinski definition) is 1. The van der Waals surface area contributed by atoms with E-state index in [1.54, 1.807) is 0 Å². The lowest BCUT2D eigenvalue weighted by Gasteiger charge is -2.15. The van der Waals surface area contributed by atoms with Gasteiger partial charge in [0.25, 0.3) is 0 Å². The van der Waals surface area contributed by atoms with Crippen LogP contribution in [0.4, 0.5) is 0 Å². The van der Waals surface area contributed by atoms with Crippen LogP contribution in [-0.2, 0) is 13.0 Å². The van der Waals surface area contributed by atoms with Crippen LogP contribution in [-0.4, -0.2) is 9.78 Å². The Labute approximate surface area is 125 Å². The van der Waals surface area contributed by atoms with Gasteiger partial charge in [0.2, 0.25) is 0 Å². The summed E-state index contributed by atoms with van der Waals surface area (Å²) in [5, 5.41) is 6.98. The summed E-state index contributed by atoms with van der Waals surface area (Å²) in [6.45, 7) is 5.02. The van der Waals surface area contributed by atoms with Crippen molar-refractivity contribution in [2.24, 2.45) is 5.73 Å². The Balaban J connectivity index is 1.95. The summed E-state index contributed by atoms with van der Waals surface area (Å²) >= 11 is 0. The summed E-state index contributed by atoms with van der Waals surface area (Å²) in [4.78, 5) is 0. The molecule has 0 saturated heterocycles. The minimum atomic E-state index is -0.0162. The second-order valence-corrected chi connectivity index (χ2v) is 5.47. The molecule has 0 bridgehead atoms. The molecule has 0 fully saturated rings. The van der Waals surface area contributed by atoms with Gasteiger partial charge in [0.1, 0.15) is 0 Å². The highest BCUT2D eigenvalue weighted by atomic mass is 15.3. The smallest absolute Gasteiger partial charge is 0.0596 e. The summed E-state index contributed by atoms with van der Waals surface area (Å²) < 4.78 is 2.04. The van der Waals surface area contributed by atoms with Gasteiger partial charge in [-0.25, -0.2) is 0 Å². The Hall–Kier alpha value is -2.13. The highest BCUT2D eigenvalue weighted by molar-refractivity contribution is 5.86. The van der Waals surface area contributed by atoms with Gasteiger partial charge in [0.15, 0.2) is 0 Å². The van der Waals surface area contributed by atoms with E-state index >= 15 is 0 Å². The SMILES string of the molecule is CCn1nc(C)cc1CC(N)c1cccc2ccccc12. The van der Waals surface area contributed by atoms with Gasteiger partial charge in [-0.15, -0.1) is 0 Å². The van der Waals surface area contributed by atoms with E-state index in [0.29, 0.717) is 0 Å². The lowest BCUT2D eigenvalue weighted by atomic mass is 9.96. The van der Waals surface area contributed by atoms with E-state index in [1.165, 1.54) is 22.0 Å². The number of nitrogens with two attached hydrogens (primary N) is 1. The fourth-order valence-corrected chi connectivity index (χ4v) is 2.95. The van der Waals surface area contributed by atoms with Gasteiger partial charge < -0.3 is 5.73 Å². The third-order valence-corrected chi connectivity index (χ3v) is 3.94. The van der Waals surface area contributed by atoms with Crippen molar-refractivity contribution in [3.63, 3.8) is 0 Å². The van der Waals surface area contributed by atoms with Gasteiger partial charge in [0.05, 0.1) is 5.69 Å². The van der Waals surface area contributed by atoms with Crippen LogP contribution in [0.15, 0.2) is 48.5 Å². The number of rotatable bonds is 4. The molecule has 3 rings (SSSR count). The number of hydrogen-bond acceptors (Lipinski definition) is 2. The molecule has 0 amide bonds. The van der Waals surface area contributed by atoms with Gasteiger partial charge in [0, 0.05) is 24.7 Å². The first-order valence-corrected chi connectivity index (χ1v) is 7.45. The second-order valence-electron chi connectivity index (χ2n) is 5.47. The van der Waals surface area contributed by atoms with Crippen LogP contribution in [0.25, 0.3) is 10.8 Å². The first kappa shape index (κ1) is 13.8. The minimum absolute atomic E-state index is 0.0162. The molecule has 0 aliphatic carbocycles. The molecule has 1 atom stereocenters. The van der Waals surface area contributed by atoms with Gasteiger partial charge in [-0.2, -0.15) is 5.10 Å². The van der Waals surface area contributed by atoms with Crippen LogP contribution in [0.3, 0.4) is 0 Å². The molecule has 0 spiro atoms. The van der Waals surface area contributed by atoms with E-state index in [4.69, 9.17) is 5.73 Å². The van der Waals surface area contributed by atoms with Crippen LogP contribution >= 0.6 is 0 Å². The van der Waals surface area contributed by atoms with E-state index in [9.17, 15) is 0 Å². The lowest BCUT2D eigenvalue weighted by molar-refractivity contribution is 0.588. The molecule has 108 valence electrons. The van der Waals surface area contributed by atoms with Crippen molar-refractivity contribution < 1.29 is 0 Å². The molecule has 3 heteroatoms. The first-order chi connectivity index (χ1) is 10.2. The summed E-state index contributed by atoms with van der Waals surface area (Å²) in [6, 6.07) is 16.9. The van der Waals surface area contributed by atoms with E-state index < -0.39 is 0 Å². The summed E-state index contributed by atoms with van der Waals surface area (Å²) in [5.41, 5.74) is 9.95. The number of aromatic nitrogens is 2. The maximum absolute atomic E-state index is 6.48. The highest BCUT2D eigenvalue weighted by Gasteiger charge is 2.13. The molecule has 0 saturated carbocycles. The number of benzene rings is 2. The van der Waals surface area contributed by atoms with Crippen LogP contribution in [0, 0.1) is 6.92 Å². The van der Waals surface area contributed by atoms with Crippen molar-refractivity contribution in [3.8, 4) is 0 Å². The molecule has 1 unspecified atom stereocenters. The Morgan fingerprint density at radius 2 is 1.90 bits per heavy atom. The third-order valence-electron chi connectivity index (χ3n) is 3.94. The van der Waals surface area contributed by atoms with Crippen LogP contribution in [0.1, 0.15) is 29.9 Å². The molecular weight excluding hydrogens is 258 g/mol. The molecule has 2 aromatic carbocycles. The van der Waals surface area contributed by atoms with E-state index in [0.717, 1.165) is 18.7 Å². The second kappa shape index (κ2) is 5.70. The topological polar surface area (TPSA) is 43.8 Å². The largest absolute Gasteiger partial charge is 0.324 e. The molecule has 1 aromatic heterocycles. The molecule has 21 heavy (non-hydrogen) atoms. The summed E-state index contributed by atoms with van der Waals surface area (Å²) in [5.74, 6) is 0. The minimum Gasteiger partial charge on any atom is -0.324 e. The Morgan fingerprint density at radius 1 is 1.14 bits per heavy atom. The predicted molar refractivity (Wildman–Crippen MR) is 87.2 cm³/mol. The van der Waals surface area contributed by atoms with Crippen molar-refractivity contribution in [2.45, 2.75) is 32.9 Å². The van der Waals surface area contributed by atoms with Gasteiger partial charge in [-0.1, -0.05) is 42.5 Å². The first-order valence-electron chi connectivity index (χ1n) is 7.45. The molecule has 3 aromatic rings. The zero-order chi connectivity index (χ0) is 14.8.